The van der Waals surface area contributed by atoms with Crippen LogP contribution in [-0.4, -0.2) is 48.9 Å². The zero-order valence-electron chi connectivity index (χ0n) is 27.6. The zero-order valence-corrected chi connectivity index (χ0v) is 27.6. The Bertz CT molecular complexity index is 1640. The van der Waals surface area contributed by atoms with Crippen LogP contribution in [-0.2, 0) is 16.6 Å². The van der Waals surface area contributed by atoms with E-state index in [1.54, 1.807) is 25.0 Å². The van der Waals surface area contributed by atoms with Crippen molar-refractivity contribution in [1.82, 2.24) is 15.1 Å². The number of carbonyl (C=O) groups excluding carboxylic acids is 2. The van der Waals surface area contributed by atoms with Crippen molar-refractivity contribution in [3.63, 3.8) is 0 Å². The summed E-state index contributed by atoms with van der Waals surface area (Å²) in [5.41, 5.74) is 5.00. The summed E-state index contributed by atoms with van der Waals surface area (Å²) >= 11 is 0. The van der Waals surface area contributed by atoms with E-state index >= 15 is 0 Å². The van der Waals surface area contributed by atoms with E-state index < -0.39 is 0 Å². The molecule has 3 aromatic carbocycles. The van der Waals surface area contributed by atoms with E-state index in [9.17, 15) is 9.59 Å². The highest BCUT2D eigenvalue weighted by Gasteiger charge is 2.31. The molecular weight excluding hydrogens is 578 g/mol. The van der Waals surface area contributed by atoms with Gasteiger partial charge in [-0.3, -0.25) is 10.1 Å². The summed E-state index contributed by atoms with van der Waals surface area (Å²) in [6.07, 6.45) is 2.05. The third-order valence-electron chi connectivity index (χ3n) is 8.49. The molecule has 2 heterocycles. The number of aryl methyl sites for hydroxylation is 1. The van der Waals surface area contributed by atoms with Crippen molar-refractivity contribution >= 4 is 23.3 Å². The van der Waals surface area contributed by atoms with E-state index in [1.807, 2.05) is 73.7 Å². The van der Waals surface area contributed by atoms with Gasteiger partial charge in [-0.2, -0.15) is 5.10 Å². The second-order valence-corrected chi connectivity index (χ2v) is 13.0. The molecule has 1 aliphatic rings. The van der Waals surface area contributed by atoms with Gasteiger partial charge >= 0.3 is 6.03 Å². The Morgan fingerprint density at radius 3 is 2.24 bits per heavy atom. The first kappa shape index (κ1) is 32.8. The van der Waals surface area contributed by atoms with Crippen LogP contribution in [0.5, 0.6) is 11.5 Å². The molecule has 0 bridgehead atoms. The fourth-order valence-corrected chi connectivity index (χ4v) is 5.99. The number of hydrogen-bond donors (Lipinski definition) is 3. The maximum absolute atomic E-state index is 14.1. The highest BCUT2D eigenvalue weighted by Crippen LogP contribution is 2.35. The molecule has 1 unspecified atom stereocenters. The molecule has 1 fully saturated rings. The number of nitrogens with zero attached hydrogens (tertiary/aromatic N) is 2. The smallest absolute Gasteiger partial charge is 0.324 e. The zero-order chi connectivity index (χ0) is 32.8. The lowest BCUT2D eigenvalue weighted by Gasteiger charge is -2.30. The summed E-state index contributed by atoms with van der Waals surface area (Å²) < 4.78 is 12.6. The Kier molecular flexibility index (Phi) is 10.1. The van der Waals surface area contributed by atoms with E-state index in [0.29, 0.717) is 23.0 Å². The van der Waals surface area contributed by atoms with Crippen LogP contribution in [0.2, 0.25) is 0 Å². The number of benzene rings is 3. The van der Waals surface area contributed by atoms with Crippen LogP contribution in [0, 0.1) is 12.8 Å². The Morgan fingerprint density at radius 2 is 1.61 bits per heavy atom. The van der Waals surface area contributed by atoms with Crippen molar-refractivity contribution in [3.05, 3.63) is 95.2 Å². The predicted molar refractivity (Wildman–Crippen MR) is 183 cm³/mol. The van der Waals surface area contributed by atoms with Crippen molar-refractivity contribution in [1.29, 1.82) is 0 Å². The Hall–Kier alpha value is -4.63. The largest absolute Gasteiger partial charge is 0.497 e. The van der Waals surface area contributed by atoms with Crippen LogP contribution < -0.4 is 25.4 Å². The number of aromatic nitrogens is 2. The van der Waals surface area contributed by atoms with Crippen LogP contribution in [0.1, 0.15) is 61.9 Å². The van der Waals surface area contributed by atoms with Gasteiger partial charge in [0.25, 0.3) is 0 Å². The average Bonchev–Trinajstić information content (AvgIpc) is 3.46. The van der Waals surface area contributed by atoms with E-state index in [0.717, 1.165) is 54.0 Å². The van der Waals surface area contributed by atoms with E-state index in [1.165, 1.54) is 0 Å². The van der Waals surface area contributed by atoms with Crippen LogP contribution >= 0.6 is 0 Å². The van der Waals surface area contributed by atoms with Crippen molar-refractivity contribution in [2.45, 2.75) is 58.3 Å². The molecule has 242 valence electrons. The van der Waals surface area contributed by atoms with Gasteiger partial charge in [0, 0.05) is 35.6 Å². The number of piperidine rings is 1. The SMILES string of the molecule is COc1cc(CC(=O)C(c2cccc(NC(=O)Nc3cc(C(C)(C)C)nn3-c3ccc(C)cc3)c2)C2CCNCC2)cc(OC)c1. The van der Waals surface area contributed by atoms with Crippen molar-refractivity contribution in [3.8, 4) is 17.2 Å². The Balaban J connectivity index is 1.38. The number of ketones is 1. The highest BCUT2D eigenvalue weighted by molar-refractivity contribution is 5.99. The summed E-state index contributed by atoms with van der Waals surface area (Å²) in [4.78, 5) is 27.4. The number of nitrogens with one attached hydrogen (secondary N) is 3. The number of amides is 2. The molecule has 9 nitrogen and oxygen atoms in total. The monoisotopic (exact) mass is 623 g/mol. The summed E-state index contributed by atoms with van der Waals surface area (Å²) in [6.45, 7) is 10.0. The van der Waals surface area contributed by atoms with Crippen molar-refractivity contribution < 1.29 is 19.1 Å². The van der Waals surface area contributed by atoms with Crippen LogP contribution in [0.3, 0.4) is 0 Å². The number of anilines is 2. The summed E-state index contributed by atoms with van der Waals surface area (Å²) in [5, 5.41) is 14.2. The van der Waals surface area contributed by atoms with Gasteiger partial charge in [-0.25, -0.2) is 9.48 Å². The minimum Gasteiger partial charge on any atom is -0.497 e. The topological polar surface area (TPSA) is 107 Å². The number of hydrogen-bond acceptors (Lipinski definition) is 6. The van der Waals surface area contributed by atoms with Gasteiger partial charge in [0.15, 0.2) is 0 Å². The molecule has 0 radical (unpaired) electrons. The van der Waals surface area contributed by atoms with E-state index in [2.05, 4.69) is 36.7 Å². The second-order valence-electron chi connectivity index (χ2n) is 13.0. The summed E-state index contributed by atoms with van der Waals surface area (Å²) in [6, 6.07) is 22.8. The number of Topliss-reactive ketones (excluding diaryl/α,β-unsaturated/α-hetero) is 1. The van der Waals surface area contributed by atoms with Crippen LogP contribution in [0.15, 0.2) is 72.8 Å². The third-order valence-corrected chi connectivity index (χ3v) is 8.49. The molecule has 46 heavy (non-hydrogen) atoms. The van der Waals surface area contributed by atoms with E-state index in [4.69, 9.17) is 14.6 Å². The number of ether oxygens (including phenoxy) is 2. The lowest BCUT2D eigenvalue weighted by atomic mass is 9.76. The fraction of sp³-hybridized carbons (Fsp3) is 0.378. The van der Waals surface area contributed by atoms with Gasteiger partial charge in [0.05, 0.1) is 25.6 Å². The molecule has 1 aliphatic heterocycles. The third kappa shape index (κ3) is 7.95. The number of methoxy groups -OCH3 is 2. The van der Waals surface area contributed by atoms with Gasteiger partial charge in [-0.1, -0.05) is 50.6 Å². The minimum atomic E-state index is -0.390. The summed E-state index contributed by atoms with van der Waals surface area (Å²) in [7, 11) is 3.21. The predicted octanol–water partition coefficient (Wildman–Crippen LogP) is 7.03. The molecule has 0 saturated carbocycles. The first-order valence-corrected chi connectivity index (χ1v) is 15.8. The van der Waals surface area contributed by atoms with Gasteiger partial charge in [-0.05, 0) is 86.3 Å². The number of carbonyl (C=O) groups is 2. The Labute approximate surface area is 271 Å². The fourth-order valence-electron chi connectivity index (χ4n) is 5.99. The minimum absolute atomic E-state index is 0.125. The van der Waals surface area contributed by atoms with Crippen LogP contribution in [0.4, 0.5) is 16.3 Å². The first-order valence-electron chi connectivity index (χ1n) is 15.8. The molecule has 2 amide bonds. The average molecular weight is 624 g/mol. The van der Waals surface area contributed by atoms with E-state index in [-0.39, 0.29) is 35.5 Å². The first-order chi connectivity index (χ1) is 22.0. The molecule has 1 saturated heterocycles. The van der Waals surface area contributed by atoms with Gasteiger partial charge in [0.2, 0.25) is 0 Å². The second kappa shape index (κ2) is 14.2. The maximum atomic E-state index is 14.1. The van der Waals surface area contributed by atoms with Gasteiger partial charge in [-0.15, -0.1) is 0 Å². The standard InChI is InChI=1S/C37H45N5O4/c1-24-10-12-29(13-11-24)42-34(23-33(41-42)37(2,3)4)40-36(44)39-28-9-7-8-27(21-28)35(26-14-16-38-17-15-26)32(43)20-25-18-30(45-5)22-31(19-25)46-6/h7-13,18-19,21-23,26,35,38H,14-17,20H2,1-6H3,(H2,39,40,44). The lowest BCUT2D eigenvalue weighted by molar-refractivity contribution is -0.121. The van der Waals surface area contributed by atoms with Crippen molar-refractivity contribution in [2.75, 3.05) is 37.9 Å². The molecule has 5 rings (SSSR count). The molecule has 3 N–H and O–H groups in total. The molecule has 0 aliphatic carbocycles. The molecule has 9 heteroatoms. The van der Waals surface area contributed by atoms with Crippen molar-refractivity contribution in [2.24, 2.45) is 5.92 Å². The Morgan fingerprint density at radius 1 is 0.935 bits per heavy atom. The van der Waals surface area contributed by atoms with Gasteiger partial charge < -0.3 is 20.1 Å². The normalized spacial score (nSPS) is 14.4. The molecular formula is C37H45N5O4. The van der Waals surface area contributed by atoms with Gasteiger partial charge in [0.1, 0.15) is 23.1 Å². The molecule has 1 atom stereocenters. The molecule has 1 aromatic heterocycles. The molecule has 0 spiro atoms. The lowest BCUT2D eigenvalue weighted by Crippen LogP contribution is -2.34. The number of rotatable bonds is 10. The number of urea groups is 1. The van der Waals surface area contributed by atoms with Crippen LogP contribution in [0.25, 0.3) is 5.69 Å². The maximum Gasteiger partial charge on any atom is 0.324 e. The highest BCUT2D eigenvalue weighted by atomic mass is 16.5. The quantitative estimate of drug-likeness (QED) is 0.175. The summed E-state index contributed by atoms with van der Waals surface area (Å²) in [5.74, 6) is 1.86. The molecule has 4 aromatic rings.